The molecule has 1 amide bonds. The Bertz CT molecular complexity index is 1400. The Morgan fingerprint density at radius 2 is 1.63 bits per heavy atom. The van der Waals surface area contributed by atoms with Gasteiger partial charge in [0, 0.05) is 12.1 Å². The van der Waals surface area contributed by atoms with Crippen molar-refractivity contribution in [1.29, 1.82) is 0 Å². The molecule has 0 radical (unpaired) electrons. The van der Waals surface area contributed by atoms with Crippen molar-refractivity contribution >= 4 is 34.0 Å². The minimum atomic E-state index is -0.397. The number of benzene rings is 4. The van der Waals surface area contributed by atoms with E-state index in [1.165, 1.54) is 12.5 Å². The molecule has 6 heteroatoms. The third-order valence-electron chi connectivity index (χ3n) is 6.18. The van der Waals surface area contributed by atoms with Gasteiger partial charge in [-0.2, -0.15) is 5.10 Å². The zero-order valence-corrected chi connectivity index (χ0v) is 19.3. The Kier molecular flexibility index (Phi) is 6.26. The summed E-state index contributed by atoms with van der Waals surface area (Å²) in [5, 5.41) is 11.8. The van der Waals surface area contributed by atoms with Gasteiger partial charge < -0.3 is 10.1 Å². The van der Waals surface area contributed by atoms with E-state index in [0.717, 1.165) is 27.9 Å². The molecule has 4 aromatic rings. The SMILES string of the molecule is COC(=O)c1ccc(NCC(=O)N2N=C(c3ccc4ccccc4c3)CC2c2ccccc2)cc1. The highest BCUT2D eigenvalue weighted by atomic mass is 16.5. The lowest BCUT2D eigenvalue weighted by molar-refractivity contribution is -0.131. The van der Waals surface area contributed by atoms with Crippen molar-refractivity contribution in [3.63, 3.8) is 0 Å². The summed E-state index contributed by atoms with van der Waals surface area (Å²) < 4.78 is 4.73. The van der Waals surface area contributed by atoms with Crippen LogP contribution in [-0.4, -0.2) is 36.3 Å². The van der Waals surface area contributed by atoms with Crippen LogP contribution >= 0.6 is 0 Å². The highest BCUT2D eigenvalue weighted by molar-refractivity contribution is 6.05. The van der Waals surface area contributed by atoms with E-state index in [4.69, 9.17) is 9.84 Å². The smallest absolute Gasteiger partial charge is 0.337 e. The van der Waals surface area contributed by atoms with Crippen LogP contribution in [0.25, 0.3) is 10.8 Å². The molecule has 1 N–H and O–H groups in total. The Morgan fingerprint density at radius 3 is 2.37 bits per heavy atom. The molecule has 5 rings (SSSR count). The van der Waals surface area contributed by atoms with Gasteiger partial charge in [-0.05, 0) is 52.2 Å². The quantitative estimate of drug-likeness (QED) is 0.388. The summed E-state index contributed by atoms with van der Waals surface area (Å²) in [6.45, 7) is 0.0788. The molecule has 0 saturated carbocycles. The van der Waals surface area contributed by atoms with Crippen molar-refractivity contribution in [2.24, 2.45) is 5.10 Å². The van der Waals surface area contributed by atoms with E-state index in [2.05, 4.69) is 35.6 Å². The number of fused-ring (bicyclic) bond motifs is 1. The third-order valence-corrected chi connectivity index (χ3v) is 6.18. The van der Waals surface area contributed by atoms with Crippen LogP contribution in [0.5, 0.6) is 0 Å². The second-order valence-electron chi connectivity index (χ2n) is 8.40. The first-order chi connectivity index (χ1) is 17.1. The van der Waals surface area contributed by atoms with E-state index < -0.39 is 5.97 Å². The Hall–Kier alpha value is -4.45. The number of carbonyl (C=O) groups excluding carboxylic acids is 2. The maximum Gasteiger partial charge on any atom is 0.337 e. The first-order valence-corrected chi connectivity index (χ1v) is 11.5. The standard InChI is InChI=1S/C29H25N3O3/c1-35-29(34)22-13-15-25(16-14-22)30-19-28(33)32-27(21-8-3-2-4-9-21)18-26(31-32)24-12-11-20-7-5-6-10-23(20)17-24/h2-17,27,30H,18-19H2,1H3. The summed E-state index contributed by atoms with van der Waals surface area (Å²) in [4.78, 5) is 24.9. The van der Waals surface area contributed by atoms with Gasteiger partial charge in [0.05, 0.1) is 31.0 Å². The fraction of sp³-hybridized carbons (Fsp3) is 0.138. The molecule has 1 heterocycles. The van der Waals surface area contributed by atoms with Gasteiger partial charge >= 0.3 is 5.97 Å². The van der Waals surface area contributed by atoms with Gasteiger partial charge in [0.25, 0.3) is 5.91 Å². The van der Waals surface area contributed by atoms with Gasteiger partial charge in [0.1, 0.15) is 0 Å². The van der Waals surface area contributed by atoms with Gasteiger partial charge in [0.2, 0.25) is 0 Å². The topological polar surface area (TPSA) is 71.0 Å². The number of hydrogen-bond acceptors (Lipinski definition) is 5. The molecule has 4 aromatic carbocycles. The van der Waals surface area contributed by atoms with Crippen LogP contribution in [0.4, 0.5) is 5.69 Å². The van der Waals surface area contributed by atoms with Crippen LogP contribution in [0, 0.1) is 0 Å². The number of nitrogens with zero attached hydrogens (tertiary/aromatic N) is 2. The Morgan fingerprint density at radius 1 is 0.914 bits per heavy atom. The number of esters is 1. The molecule has 1 aliphatic rings. The molecule has 1 unspecified atom stereocenters. The van der Waals surface area contributed by atoms with Crippen molar-refractivity contribution < 1.29 is 14.3 Å². The second kappa shape index (κ2) is 9.81. The Balaban J connectivity index is 1.37. The van der Waals surface area contributed by atoms with Crippen molar-refractivity contribution in [1.82, 2.24) is 5.01 Å². The minimum Gasteiger partial charge on any atom is -0.465 e. The average molecular weight is 464 g/mol. The highest BCUT2D eigenvalue weighted by Crippen LogP contribution is 2.33. The second-order valence-corrected chi connectivity index (χ2v) is 8.40. The van der Waals surface area contributed by atoms with Crippen LogP contribution in [0.3, 0.4) is 0 Å². The van der Waals surface area contributed by atoms with E-state index >= 15 is 0 Å². The number of ether oxygens (including phenoxy) is 1. The summed E-state index contributed by atoms with van der Waals surface area (Å²) in [6, 6.07) is 31.2. The van der Waals surface area contributed by atoms with Gasteiger partial charge in [-0.15, -0.1) is 0 Å². The summed E-state index contributed by atoms with van der Waals surface area (Å²) in [6.07, 6.45) is 0.641. The van der Waals surface area contributed by atoms with E-state index in [1.807, 2.05) is 42.5 Å². The number of methoxy groups -OCH3 is 1. The van der Waals surface area contributed by atoms with E-state index in [-0.39, 0.29) is 18.5 Å². The third kappa shape index (κ3) is 4.77. The first kappa shape index (κ1) is 22.3. The molecule has 0 bridgehead atoms. The molecule has 0 fully saturated rings. The van der Waals surface area contributed by atoms with Crippen LogP contribution in [0.15, 0.2) is 102 Å². The summed E-state index contributed by atoms with van der Waals surface area (Å²) >= 11 is 0. The zero-order chi connectivity index (χ0) is 24.2. The van der Waals surface area contributed by atoms with Crippen LogP contribution < -0.4 is 5.32 Å². The fourth-order valence-electron chi connectivity index (χ4n) is 4.32. The molecule has 1 aliphatic heterocycles. The number of hydrogen-bond donors (Lipinski definition) is 1. The molecule has 0 spiro atoms. The molecule has 0 aliphatic carbocycles. The molecule has 1 atom stereocenters. The van der Waals surface area contributed by atoms with Gasteiger partial charge in [-0.25, -0.2) is 9.80 Å². The average Bonchev–Trinajstić information content (AvgIpc) is 3.37. The van der Waals surface area contributed by atoms with Crippen LogP contribution in [-0.2, 0) is 9.53 Å². The number of rotatable bonds is 6. The lowest BCUT2D eigenvalue weighted by atomic mass is 9.97. The maximum atomic E-state index is 13.3. The lowest BCUT2D eigenvalue weighted by Crippen LogP contribution is -2.32. The summed E-state index contributed by atoms with van der Waals surface area (Å²) in [7, 11) is 1.35. The van der Waals surface area contributed by atoms with Crippen LogP contribution in [0.2, 0.25) is 0 Å². The number of hydrazone groups is 1. The predicted octanol–water partition coefficient (Wildman–Crippen LogP) is 5.42. The van der Waals surface area contributed by atoms with Crippen molar-refractivity contribution in [2.45, 2.75) is 12.5 Å². The van der Waals surface area contributed by atoms with E-state index in [1.54, 1.807) is 29.3 Å². The maximum absolute atomic E-state index is 13.3. The minimum absolute atomic E-state index is 0.0788. The molecule has 0 aromatic heterocycles. The molecular formula is C29H25N3O3. The van der Waals surface area contributed by atoms with Crippen molar-refractivity contribution in [2.75, 3.05) is 19.0 Å². The molecule has 0 saturated heterocycles. The molecule has 35 heavy (non-hydrogen) atoms. The van der Waals surface area contributed by atoms with Gasteiger partial charge in [-0.3, -0.25) is 4.79 Å². The Labute approximate surface area is 203 Å². The molecular weight excluding hydrogens is 438 g/mol. The lowest BCUT2D eigenvalue weighted by Gasteiger charge is -2.22. The van der Waals surface area contributed by atoms with E-state index in [0.29, 0.717) is 12.0 Å². The highest BCUT2D eigenvalue weighted by Gasteiger charge is 2.32. The normalized spacial score (nSPS) is 15.1. The first-order valence-electron chi connectivity index (χ1n) is 11.5. The summed E-state index contributed by atoms with van der Waals surface area (Å²) in [5.41, 5.74) is 4.15. The number of amides is 1. The van der Waals surface area contributed by atoms with Crippen molar-refractivity contribution in [3.8, 4) is 0 Å². The zero-order valence-electron chi connectivity index (χ0n) is 19.3. The number of anilines is 1. The predicted molar refractivity (Wildman–Crippen MR) is 137 cm³/mol. The molecule has 6 nitrogen and oxygen atoms in total. The largest absolute Gasteiger partial charge is 0.465 e. The number of carbonyl (C=O) groups is 2. The van der Waals surface area contributed by atoms with E-state index in [9.17, 15) is 9.59 Å². The monoisotopic (exact) mass is 463 g/mol. The number of nitrogens with one attached hydrogen (secondary N) is 1. The van der Waals surface area contributed by atoms with Crippen molar-refractivity contribution in [3.05, 3.63) is 114 Å². The van der Waals surface area contributed by atoms with Gasteiger partial charge in [0.15, 0.2) is 0 Å². The summed E-state index contributed by atoms with van der Waals surface area (Å²) in [5.74, 6) is -0.530. The van der Waals surface area contributed by atoms with Gasteiger partial charge in [-0.1, -0.05) is 66.7 Å². The fourth-order valence-corrected chi connectivity index (χ4v) is 4.32. The molecule has 174 valence electrons. The van der Waals surface area contributed by atoms with Crippen LogP contribution in [0.1, 0.15) is 33.9 Å².